The molecule has 4 nitrogen and oxygen atoms in total. The predicted molar refractivity (Wildman–Crippen MR) is 115 cm³/mol. The van der Waals surface area contributed by atoms with Gasteiger partial charge in [-0.15, -0.1) is 0 Å². The zero-order valence-corrected chi connectivity index (χ0v) is 17.3. The highest BCUT2D eigenvalue weighted by atomic mass is 35.5. The predicted octanol–water partition coefficient (Wildman–Crippen LogP) is 4.99. The first-order valence-electron chi connectivity index (χ1n) is 9.27. The van der Waals surface area contributed by atoms with Crippen molar-refractivity contribution in [2.75, 3.05) is 25.5 Å². The zero-order valence-electron chi connectivity index (χ0n) is 15.8. The fourth-order valence-electron chi connectivity index (χ4n) is 3.34. The molecule has 6 heteroatoms. The van der Waals surface area contributed by atoms with Crippen LogP contribution < -0.4 is 4.90 Å². The van der Waals surface area contributed by atoms with Gasteiger partial charge in [-0.05, 0) is 43.0 Å². The smallest absolute Gasteiger partial charge is 0.278 e. The Labute approximate surface area is 175 Å². The molecule has 0 unspecified atom stereocenters. The number of rotatable bonds is 4. The van der Waals surface area contributed by atoms with Crippen molar-refractivity contribution < 1.29 is 4.79 Å². The van der Waals surface area contributed by atoms with E-state index in [0.29, 0.717) is 33.9 Å². The van der Waals surface area contributed by atoms with E-state index in [1.165, 1.54) is 0 Å². The lowest BCUT2D eigenvalue weighted by atomic mass is 10.00. The molecule has 4 rings (SSSR count). The number of halogens is 2. The second-order valence-electron chi connectivity index (χ2n) is 7.44. The molecule has 0 radical (unpaired) electrons. The first kappa shape index (κ1) is 19.0. The molecule has 1 aliphatic heterocycles. The maximum absolute atomic E-state index is 13.4. The van der Waals surface area contributed by atoms with Gasteiger partial charge in [-0.25, -0.2) is 4.99 Å². The number of aliphatic imine (C=N–C) groups is 1. The highest BCUT2D eigenvalue weighted by Crippen LogP contribution is 2.37. The molecule has 2 aromatic rings. The molecule has 1 saturated carbocycles. The number of hydrogen-bond donors (Lipinski definition) is 0. The third-order valence-electron chi connectivity index (χ3n) is 4.85. The number of fused-ring (bicyclic) bond motifs is 1. The third kappa shape index (κ3) is 3.80. The Kier molecular flexibility index (Phi) is 5.17. The molecule has 0 atom stereocenters. The van der Waals surface area contributed by atoms with E-state index in [4.69, 9.17) is 28.2 Å². The van der Waals surface area contributed by atoms with Crippen LogP contribution in [0.3, 0.4) is 0 Å². The highest BCUT2D eigenvalue weighted by Gasteiger charge is 2.33. The Morgan fingerprint density at radius 3 is 2.57 bits per heavy atom. The summed E-state index contributed by atoms with van der Waals surface area (Å²) in [5.41, 5.74) is 3.45. The van der Waals surface area contributed by atoms with Crippen molar-refractivity contribution in [3.63, 3.8) is 0 Å². The highest BCUT2D eigenvalue weighted by molar-refractivity contribution is 6.37. The molecule has 0 saturated heterocycles. The summed E-state index contributed by atoms with van der Waals surface area (Å²) in [6, 6.07) is 13.1. The van der Waals surface area contributed by atoms with Gasteiger partial charge in [-0.2, -0.15) is 0 Å². The van der Waals surface area contributed by atoms with E-state index >= 15 is 0 Å². The molecule has 1 fully saturated rings. The van der Waals surface area contributed by atoms with E-state index in [0.717, 1.165) is 29.7 Å². The van der Waals surface area contributed by atoms with E-state index < -0.39 is 0 Å². The van der Waals surface area contributed by atoms with Gasteiger partial charge in [0.05, 0.1) is 11.4 Å². The van der Waals surface area contributed by atoms with Gasteiger partial charge in [0.25, 0.3) is 5.91 Å². The second kappa shape index (κ2) is 7.61. The lowest BCUT2D eigenvalue weighted by molar-refractivity contribution is -0.115. The van der Waals surface area contributed by atoms with Crippen LogP contribution in [-0.2, 0) is 4.79 Å². The van der Waals surface area contributed by atoms with Crippen molar-refractivity contribution in [1.82, 2.24) is 4.90 Å². The second-order valence-corrected chi connectivity index (χ2v) is 8.28. The molecule has 0 spiro atoms. The van der Waals surface area contributed by atoms with Gasteiger partial charge in [0, 0.05) is 48.0 Å². The first-order valence-corrected chi connectivity index (χ1v) is 10.0. The number of hydrogen-bond acceptors (Lipinski definition) is 3. The molecule has 1 amide bonds. The number of benzodiazepines with no additional fused rings is 1. The largest absolute Gasteiger partial charge is 0.382 e. The molecular weight excluding hydrogens is 393 g/mol. The molecule has 0 N–H and O–H groups in total. The van der Waals surface area contributed by atoms with Gasteiger partial charge in [0.15, 0.2) is 0 Å². The van der Waals surface area contributed by atoms with Crippen molar-refractivity contribution in [2.45, 2.75) is 12.8 Å². The van der Waals surface area contributed by atoms with Crippen LogP contribution in [0.5, 0.6) is 0 Å². The normalized spacial score (nSPS) is 18.0. The zero-order chi connectivity index (χ0) is 19.8. The first-order chi connectivity index (χ1) is 13.4. The van der Waals surface area contributed by atoms with Crippen LogP contribution in [0, 0.1) is 5.92 Å². The van der Waals surface area contributed by atoms with Crippen LogP contribution in [0.4, 0.5) is 5.69 Å². The van der Waals surface area contributed by atoms with E-state index in [-0.39, 0.29) is 5.91 Å². The SMILES string of the molecule is CN(C)C=C1N=C(c2ccccc2Cl)c2cc(Cl)ccc2N(CC2CC2)C1=O. The van der Waals surface area contributed by atoms with Crippen LogP contribution in [0.2, 0.25) is 10.0 Å². The number of benzene rings is 2. The molecule has 1 heterocycles. The summed E-state index contributed by atoms with van der Waals surface area (Å²) in [4.78, 5) is 21.9. The van der Waals surface area contributed by atoms with Crippen molar-refractivity contribution >= 4 is 40.5 Å². The minimum absolute atomic E-state index is 0.105. The van der Waals surface area contributed by atoms with E-state index in [9.17, 15) is 4.79 Å². The van der Waals surface area contributed by atoms with Crippen molar-refractivity contribution in [1.29, 1.82) is 0 Å². The van der Waals surface area contributed by atoms with Crippen molar-refractivity contribution in [3.05, 3.63) is 75.5 Å². The van der Waals surface area contributed by atoms with Crippen LogP contribution in [0.15, 0.2) is 59.4 Å². The molecule has 1 aliphatic carbocycles. The number of nitrogens with zero attached hydrogens (tertiary/aromatic N) is 3. The monoisotopic (exact) mass is 413 g/mol. The maximum atomic E-state index is 13.4. The van der Waals surface area contributed by atoms with Crippen molar-refractivity contribution in [3.8, 4) is 0 Å². The average molecular weight is 414 g/mol. The number of carbonyl (C=O) groups excluding carboxylic acids is 1. The Balaban J connectivity index is 1.97. The molecule has 144 valence electrons. The summed E-state index contributed by atoms with van der Waals surface area (Å²) >= 11 is 12.8. The number of anilines is 1. The van der Waals surface area contributed by atoms with Gasteiger partial charge in [-0.3, -0.25) is 4.79 Å². The summed E-state index contributed by atoms with van der Waals surface area (Å²) in [7, 11) is 3.76. The topological polar surface area (TPSA) is 35.9 Å². The Morgan fingerprint density at radius 2 is 1.89 bits per heavy atom. The van der Waals surface area contributed by atoms with Gasteiger partial charge >= 0.3 is 0 Å². The molecule has 2 aliphatic rings. The quantitative estimate of drug-likeness (QED) is 0.661. The molecule has 0 aromatic heterocycles. The lowest BCUT2D eigenvalue weighted by Crippen LogP contribution is -2.34. The summed E-state index contributed by atoms with van der Waals surface area (Å²) in [5.74, 6) is 0.432. The molecule has 0 bridgehead atoms. The Hall–Kier alpha value is -2.30. The van der Waals surface area contributed by atoms with Crippen LogP contribution in [0.1, 0.15) is 24.0 Å². The Bertz CT molecular complexity index is 993. The van der Waals surface area contributed by atoms with Crippen LogP contribution >= 0.6 is 23.2 Å². The van der Waals surface area contributed by atoms with E-state index in [1.807, 2.05) is 66.4 Å². The fraction of sp³-hybridized carbons (Fsp3) is 0.273. The fourth-order valence-corrected chi connectivity index (χ4v) is 3.73. The van der Waals surface area contributed by atoms with Crippen LogP contribution in [-0.4, -0.2) is 37.2 Å². The van der Waals surface area contributed by atoms with E-state index in [2.05, 4.69) is 0 Å². The van der Waals surface area contributed by atoms with Crippen LogP contribution in [0.25, 0.3) is 0 Å². The minimum Gasteiger partial charge on any atom is -0.382 e. The number of amides is 1. The summed E-state index contributed by atoms with van der Waals surface area (Å²) in [6.07, 6.45) is 4.06. The van der Waals surface area contributed by atoms with Crippen molar-refractivity contribution in [2.24, 2.45) is 10.9 Å². The third-order valence-corrected chi connectivity index (χ3v) is 5.41. The standard InChI is InChI=1S/C22H21Cl2N3O/c1-26(2)13-19-22(28)27(12-14-7-8-14)20-10-9-15(23)11-17(20)21(25-19)16-5-3-4-6-18(16)24/h3-6,9-11,13-14H,7-8,12H2,1-2H3. The molecule has 2 aromatic carbocycles. The Morgan fingerprint density at radius 1 is 1.14 bits per heavy atom. The van der Waals surface area contributed by atoms with Gasteiger partial charge < -0.3 is 9.80 Å². The number of carbonyl (C=O) groups is 1. The molecular formula is C22H21Cl2N3O. The van der Waals surface area contributed by atoms with Gasteiger partial charge in [-0.1, -0.05) is 41.4 Å². The van der Waals surface area contributed by atoms with Gasteiger partial charge in [0.1, 0.15) is 5.70 Å². The van der Waals surface area contributed by atoms with E-state index in [1.54, 1.807) is 6.20 Å². The maximum Gasteiger partial charge on any atom is 0.278 e. The van der Waals surface area contributed by atoms with Gasteiger partial charge in [0.2, 0.25) is 0 Å². The molecule has 28 heavy (non-hydrogen) atoms. The summed E-state index contributed by atoms with van der Waals surface area (Å²) < 4.78 is 0. The lowest BCUT2D eigenvalue weighted by Gasteiger charge is -2.23. The minimum atomic E-state index is -0.105. The summed E-state index contributed by atoms with van der Waals surface area (Å²) in [6.45, 7) is 0.684. The average Bonchev–Trinajstić information content (AvgIpc) is 3.48. The summed E-state index contributed by atoms with van der Waals surface area (Å²) in [5, 5.41) is 1.18.